The molecule has 2 aromatic heterocycles. The van der Waals surface area contributed by atoms with Crippen molar-refractivity contribution in [1.29, 1.82) is 0 Å². The van der Waals surface area contributed by atoms with Gasteiger partial charge in [0.2, 0.25) is 5.76 Å². The molecule has 0 spiro atoms. The molecule has 1 amide bonds. The molecule has 0 radical (unpaired) electrons. The summed E-state index contributed by atoms with van der Waals surface area (Å²) < 4.78 is 4.94. The van der Waals surface area contributed by atoms with E-state index in [2.05, 4.69) is 5.16 Å². The van der Waals surface area contributed by atoms with Gasteiger partial charge in [0.05, 0.1) is 12.2 Å². The minimum absolute atomic E-state index is 0.206. The van der Waals surface area contributed by atoms with Crippen molar-refractivity contribution in [1.82, 2.24) is 10.1 Å². The standard InChI is InChI=1S/C14H14N2O4S/c1-9-5-12(20-15-9)14(19)16(2)7-11-6-10(8-21-11)3-4-13(17)18/h3-6,8H,7H2,1-2H3,(H,17,18). The van der Waals surface area contributed by atoms with Gasteiger partial charge >= 0.3 is 5.97 Å². The highest BCUT2D eigenvalue weighted by Gasteiger charge is 2.17. The lowest BCUT2D eigenvalue weighted by Gasteiger charge is -2.13. The lowest BCUT2D eigenvalue weighted by molar-refractivity contribution is -0.131. The molecule has 2 aromatic rings. The van der Waals surface area contributed by atoms with E-state index in [0.29, 0.717) is 12.2 Å². The normalized spacial score (nSPS) is 11.0. The van der Waals surface area contributed by atoms with Crippen LogP contribution in [0.15, 0.2) is 28.1 Å². The number of carboxylic acid groups (broad SMARTS) is 1. The van der Waals surface area contributed by atoms with Gasteiger partial charge in [-0.15, -0.1) is 11.3 Å². The summed E-state index contributed by atoms with van der Waals surface area (Å²) in [6.45, 7) is 2.17. The molecule has 0 aliphatic rings. The molecule has 0 aliphatic heterocycles. The summed E-state index contributed by atoms with van der Waals surface area (Å²) >= 11 is 1.46. The Bertz CT molecular complexity index is 687. The Hall–Kier alpha value is -2.41. The first kappa shape index (κ1) is 15.0. The highest BCUT2D eigenvalue weighted by atomic mass is 32.1. The molecular weight excluding hydrogens is 292 g/mol. The van der Waals surface area contributed by atoms with Crippen LogP contribution in [0.1, 0.15) is 26.7 Å². The lowest BCUT2D eigenvalue weighted by Crippen LogP contribution is -2.25. The molecule has 0 atom stereocenters. The Balaban J connectivity index is 2.01. The Morgan fingerprint density at radius 1 is 1.48 bits per heavy atom. The van der Waals surface area contributed by atoms with E-state index in [9.17, 15) is 9.59 Å². The second-order valence-corrected chi connectivity index (χ2v) is 5.51. The number of nitrogens with zero attached hydrogens (tertiary/aromatic N) is 2. The topological polar surface area (TPSA) is 83.6 Å². The zero-order valence-electron chi connectivity index (χ0n) is 11.6. The van der Waals surface area contributed by atoms with Gasteiger partial charge in [-0.3, -0.25) is 4.79 Å². The average molecular weight is 306 g/mol. The number of rotatable bonds is 5. The second-order valence-electron chi connectivity index (χ2n) is 4.51. The van der Waals surface area contributed by atoms with E-state index in [4.69, 9.17) is 9.63 Å². The highest BCUT2D eigenvalue weighted by molar-refractivity contribution is 7.10. The molecule has 0 unspecified atom stereocenters. The minimum atomic E-state index is -0.990. The van der Waals surface area contributed by atoms with Crippen molar-refractivity contribution in [2.24, 2.45) is 0 Å². The summed E-state index contributed by atoms with van der Waals surface area (Å²) in [6.07, 6.45) is 2.60. The van der Waals surface area contributed by atoms with E-state index in [0.717, 1.165) is 16.5 Å². The maximum absolute atomic E-state index is 12.1. The molecule has 2 rings (SSSR count). The minimum Gasteiger partial charge on any atom is -0.478 e. The van der Waals surface area contributed by atoms with Crippen LogP contribution in [0, 0.1) is 6.92 Å². The van der Waals surface area contributed by atoms with Gasteiger partial charge in [0.15, 0.2) is 0 Å². The molecule has 1 N–H and O–H groups in total. The third kappa shape index (κ3) is 4.03. The summed E-state index contributed by atoms with van der Waals surface area (Å²) in [7, 11) is 1.67. The molecule has 0 fully saturated rings. The summed E-state index contributed by atoms with van der Waals surface area (Å²) in [4.78, 5) is 25.0. The van der Waals surface area contributed by atoms with E-state index in [1.807, 2.05) is 11.4 Å². The van der Waals surface area contributed by atoms with Crippen molar-refractivity contribution in [3.63, 3.8) is 0 Å². The van der Waals surface area contributed by atoms with Crippen LogP contribution in [0.25, 0.3) is 6.08 Å². The molecule has 0 aliphatic carbocycles. The van der Waals surface area contributed by atoms with Crippen molar-refractivity contribution < 1.29 is 19.2 Å². The van der Waals surface area contributed by atoms with Gasteiger partial charge in [-0.1, -0.05) is 5.16 Å². The fourth-order valence-electron chi connectivity index (χ4n) is 1.69. The van der Waals surface area contributed by atoms with Crippen LogP contribution in [0.3, 0.4) is 0 Å². The summed E-state index contributed by atoms with van der Waals surface area (Å²) in [5.74, 6) is -1.03. The summed E-state index contributed by atoms with van der Waals surface area (Å²) in [5, 5.41) is 14.1. The molecule has 7 heteroatoms. The van der Waals surface area contributed by atoms with E-state index in [1.165, 1.54) is 22.3 Å². The van der Waals surface area contributed by atoms with Gasteiger partial charge in [0.25, 0.3) is 5.91 Å². The molecule has 0 aromatic carbocycles. The van der Waals surface area contributed by atoms with Gasteiger partial charge in [-0.2, -0.15) is 0 Å². The van der Waals surface area contributed by atoms with Gasteiger partial charge < -0.3 is 14.5 Å². The van der Waals surface area contributed by atoms with Crippen LogP contribution < -0.4 is 0 Å². The Morgan fingerprint density at radius 3 is 2.86 bits per heavy atom. The Kier molecular flexibility index (Phi) is 4.54. The SMILES string of the molecule is Cc1cc(C(=O)N(C)Cc2cc(C=CC(=O)O)cs2)on1. The number of aromatic nitrogens is 1. The zero-order valence-corrected chi connectivity index (χ0v) is 12.4. The number of aliphatic carboxylic acids is 1. The summed E-state index contributed by atoms with van der Waals surface area (Å²) in [6, 6.07) is 3.44. The number of carboxylic acids is 1. The first-order valence-electron chi connectivity index (χ1n) is 6.13. The number of carbonyl (C=O) groups is 2. The number of thiophene rings is 1. The van der Waals surface area contributed by atoms with Gasteiger partial charge in [-0.05, 0) is 30.0 Å². The first-order valence-corrected chi connectivity index (χ1v) is 7.01. The zero-order chi connectivity index (χ0) is 15.4. The van der Waals surface area contributed by atoms with Gasteiger partial charge in [0, 0.05) is 24.1 Å². The predicted molar refractivity (Wildman–Crippen MR) is 78.0 cm³/mol. The van der Waals surface area contributed by atoms with Gasteiger partial charge in [-0.25, -0.2) is 4.79 Å². The first-order chi connectivity index (χ1) is 9.95. The van der Waals surface area contributed by atoms with E-state index in [-0.39, 0.29) is 11.7 Å². The van der Waals surface area contributed by atoms with Crippen LogP contribution in [0.5, 0.6) is 0 Å². The third-order valence-electron chi connectivity index (χ3n) is 2.67. The maximum Gasteiger partial charge on any atom is 0.328 e. The Labute approximate surface area is 125 Å². The number of amides is 1. The number of carbonyl (C=O) groups excluding carboxylic acids is 1. The molecule has 0 saturated heterocycles. The largest absolute Gasteiger partial charge is 0.478 e. The van der Waals surface area contributed by atoms with Crippen LogP contribution in [-0.4, -0.2) is 34.1 Å². The van der Waals surface area contributed by atoms with Crippen molar-refractivity contribution >= 4 is 29.3 Å². The Morgan fingerprint density at radius 2 is 2.24 bits per heavy atom. The van der Waals surface area contributed by atoms with Crippen molar-refractivity contribution in [2.75, 3.05) is 7.05 Å². The van der Waals surface area contributed by atoms with Gasteiger partial charge in [0.1, 0.15) is 0 Å². The van der Waals surface area contributed by atoms with Crippen LogP contribution >= 0.6 is 11.3 Å². The molecule has 2 heterocycles. The highest BCUT2D eigenvalue weighted by Crippen LogP contribution is 2.18. The smallest absolute Gasteiger partial charge is 0.328 e. The third-order valence-corrected chi connectivity index (χ3v) is 3.61. The molecular formula is C14H14N2O4S. The lowest BCUT2D eigenvalue weighted by atomic mass is 10.2. The molecule has 110 valence electrons. The molecule has 21 heavy (non-hydrogen) atoms. The monoisotopic (exact) mass is 306 g/mol. The van der Waals surface area contributed by atoms with E-state index in [1.54, 1.807) is 20.0 Å². The quantitative estimate of drug-likeness (QED) is 0.858. The predicted octanol–water partition coefficient (Wildman–Crippen LogP) is 2.41. The van der Waals surface area contributed by atoms with Crippen molar-refractivity contribution in [2.45, 2.75) is 13.5 Å². The fourth-order valence-corrected chi connectivity index (χ4v) is 2.60. The summed E-state index contributed by atoms with van der Waals surface area (Å²) in [5.41, 5.74) is 1.46. The number of hydrogen-bond donors (Lipinski definition) is 1. The van der Waals surface area contributed by atoms with E-state index < -0.39 is 5.97 Å². The number of aryl methyl sites for hydroxylation is 1. The van der Waals surface area contributed by atoms with Crippen LogP contribution in [-0.2, 0) is 11.3 Å². The van der Waals surface area contributed by atoms with E-state index >= 15 is 0 Å². The van der Waals surface area contributed by atoms with Crippen molar-refractivity contribution in [3.8, 4) is 0 Å². The van der Waals surface area contributed by atoms with Crippen LogP contribution in [0.2, 0.25) is 0 Å². The van der Waals surface area contributed by atoms with Crippen molar-refractivity contribution in [3.05, 3.63) is 45.5 Å². The fraction of sp³-hybridized carbons (Fsp3) is 0.214. The molecule has 0 saturated carbocycles. The maximum atomic E-state index is 12.1. The molecule has 0 bridgehead atoms. The van der Waals surface area contributed by atoms with Crippen LogP contribution in [0.4, 0.5) is 0 Å². The molecule has 6 nitrogen and oxygen atoms in total. The number of hydrogen-bond acceptors (Lipinski definition) is 5. The second kappa shape index (κ2) is 6.36. The average Bonchev–Trinajstić information content (AvgIpc) is 3.04.